The summed E-state index contributed by atoms with van der Waals surface area (Å²) in [6, 6.07) is 4.03. The summed E-state index contributed by atoms with van der Waals surface area (Å²) in [5.41, 5.74) is 0. The van der Waals surface area contributed by atoms with Gasteiger partial charge in [0, 0.05) is 33.9 Å². The van der Waals surface area contributed by atoms with Gasteiger partial charge in [-0.05, 0) is 12.8 Å². The Morgan fingerprint density at radius 3 is 0.842 bits per heavy atom. The number of hydrogen-bond acceptors (Lipinski definition) is 6. The molecule has 0 heterocycles. The van der Waals surface area contributed by atoms with E-state index in [2.05, 4.69) is 0 Å². The molecule has 0 bridgehead atoms. The number of nitrogens with zero attached hydrogens (tertiary/aromatic N) is 2. The first-order valence-electron chi connectivity index (χ1n) is 4.72. The summed E-state index contributed by atoms with van der Waals surface area (Å²) >= 11 is 0. The Kier molecular flexibility index (Phi) is 464. The summed E-state index contributed by atoms with van der Waals surface area (Å²) in [5.74, 6) is 0. The largest absolute Gasteiger partial charge is 0.307 e. The van der Waals surface area contributed by atoms with Crippen molar-refractivity contribution in [3.63, 3.8) is 0 Å². The van der Waals surface area contributed by atoms with E-state index in [1.165, 1.54) is 0 Å². The van der Waals surface area contributed by atoms with Crippen LogP contribution in [0, 0.1) is 22.7 Å². The fraction of sp³-hybridized carbons (Fsp3) is 0.500. The molecule has 0 fully saturated rings. The van der Waals surface area contributed by atoms with Crippen molar-refractivity contribution in [3.05, 3.63) is 0 Å². The Bertz CT molecular complexity index is 158. The molecule has 110 valence electrons. The average Bonchev–Trinajstić information content (AvgIpc) is 2.50. The van der Waals surface area contributed by atoms with Gasteiger partial charge in [-0.1, -0.05) is 13.8 Å². The minimum atomic E-state index is 0. The molecule has 0 aliphatic heterocycles. The van der Waals surface area contributed by atoms with Gasteiger partial charge in [0.2, 0.25) is 0 Å². The summed E-state index contributed by atoms with van der Waals surface area (Å²) < 4.78 is 0. The molecule has 0 atom stereocenters. The molecule has 7 heteroatoms. The van der Waals surface area contributed by atoms with E-state index < -0.39 is 0 Å². The molecule has 0 N–H and O–H groups in total. The van der Waals surface area contributed by atoms with E-state index in [4.69, 9.17) is 29.7 Å². The molecule has 0 rings (SSSR count). The Labute approximate surface area is 130 Å². The molecule has 0 amide bonds. The molecular formula is C12H22N2O4W. The van der Waals surface area contributed by atoms with Gasteiger partial charge in [0.1, 0.15) is 27.2 Å². The number of nitriles is 2. The maximum atomic E-state index is 8.00. The third-order valence-corrected chi connectivity index (χ3v) is 0.724. The number of carbonyl (C=O) groups excluding carboxylic acids is 4. The molecule has 0 aromatic rings. The summed E-state index contributed by atoms with van der Waals surface area (Å²) in [6.07, 6.45) is 3.35. The molecular weight excluding hydrogens is 420 g/mol. The molecule has 0 aromatic heterocycles. The van der Waals surface area contributed by atoms with Crippen LogP contribution in [-0.4, -0.2) is 27.2 Å². The monoisotopic (exact) mass is 442 g/mol. The molecule has 0 aliphatic carbocycles. The third-order valence-electron chi connectivity index (χ3n) is 0.724. The van der Waals surface area contributed by atoms with Crippen LogP contribution in [0.1, 0.15) is 39.5 Å². The van der Waals surface area contributed by atoms with Gasteiger partial charge in [-0.25, -0.2) is 0 Å². The van der Waals surface area contributed by atoms with Crippen molar-refractivity contribution in [2.75, 3.05) is 0 Å². The third kappa shape index (κ3) is 610. The summed E-state index contributed by atoms with van der Waals surface area (Å²) in [6.45, 7) is 12.0. The SMILES string of the molecule is C=O.C=O.C=O.C=O.CCCC#N.CCCC#N.[W]. The molecule has 0 saturated heterocycles. The standard InChI is InChI=1S/2C4H7N.4CH2O.W/c2*1-2-3-4-5;4*1-2;/h2*2-3H2,1H3;4*1H2;. The Morgan fingerprint density at radius 1 is 0.684 bits per heavy atom. The molecule has 0 unspecified atom stereocenters. The van der Waals surface area contributed by atoms with Gasteiger partial charge >= 0.3 is 0 Å². The molecule has 19 heavy (non-hydrogen) atoms. The van der Waals surface area contributed by atoms with E-state index in [-0.39, 0.29) is 21.1 Å². The first kappa shape index (κ1) is 43.3. The van der Waals surface area contributed by atoms with E-state index in [0.717, 1.165) is 12.8 Å². The average molecular weight is 442 g/mol. The molecule has 0 aromatic carbocycles. The van der Waals surface area contributed by atoms with Crippen LogP contribution in [0.15, 0.2) is 0 Å². The Morgan fingerprint density at radius 2 is 0.842 bits per heavy atom. The number of hydrogen-bond donors (Lipinski definition) is 0. The summed E-state index contributed by atoms with van der Waals surface area (Å²) in [4.78, 5) is 32.0. The molecule has 0 radical (unpaired) electrons. The van der Waals surface area contributed by atoms with Gasteiger partial charge in [-0.15, -0.1) is 0 Å². The predicted molar refractivity (Wildman–Crippen MR) is 69.5 cm³/mol. The zero-order valence-electron chi connectivity index (χ0n) is 11.6. The fourth-order valence-electron chi connectivity index (χ4n) is 0.224. The number of carbonyl (C=O) groups is 4. The van der Waals surface area contributed by atoms with Crippen molar-refractivity contribution < 1.29 is 40.2 Å². The second kappa shape index (κ2) is 204. The first-order chi connectivity index (χ1) is 8.83. The molecule has 0 spiro atoms. The van der Waals surface area contributed by atoms with Crippen molar-refractivity contribution in [1.82, 2.24) is 0 Å². The van der Waals surface area contributed by atoms with Crippen LogP contribution in [0.5, 0.6) is 0 Å². The molecule has 0 aliphatic rings. The second-order valence-electron chi connectivity index (χ2n) is 1.82. The van der Waals surface area contributed by atoms with Gasteiger partial charge in [0.15, 0.2) is 0 Å². The van der Waals surface area contributed by atoms with Gasteiger partial charge < -0.3 is 19.2 Å². The van der Waals surface area contributed by atoms with Crippen molar-refractivity contribution in [3.8, 4) is 12.1 Å². The van der Waals surface area contributed by atoms with Crippen LogP contribution in [-0.2, 0) is 40.2 Å². The van der Waals surface area contributed by atoms with E-state index in [0.29, 0.717) is 12.8 Å². The van der Waals surface area contributed by atoms with Crippen LogP contribution >= 0.6 is 0 Å². The van der Waals surface area contributed by atoms with Crippen molar-refractivity contribution in [1.29, 1.82) is 10.5 Å². The van der Waals surface area contributed by atoms with E-state index in [1.807, 2.05) is 53.1 Å². The molecule has 0 saturated carbocycles. The van der Waals surface area contributed by atoms with Crippen LogP contribution < -0.4 is 0 Å². The Hall–Kier alpha value is -1.65. The number of unbranched alkanes of at least 4 members (excludes halogenated alkanes) is 2. The van der Waals surface area contributed by atoms with Gasteiger partial charge in [0.25, 0.3) is 0 Å². The predicted octanol–water partition coefficient (Wildman–Crippen LogP) is 1.88. The minimum Gasteiger partial charge on any atom is -0.307 e. The second-order valence-corrected chi connectivity index (χ2v) is 1.82. The first-order valence-corrected chi connectivity index (χ1v) is 4.72. The maximum Gasteiger partial charge on any atom is 0.106 e. The topological polar surface area (TPSA) is 116 Å². The van der Waals surface area contributed by atoms with E-state index in [9.17, 15) is 0 Å². The van der Waals surface area contributed by atoms with Crippen LogP contribution in [0.3, 0.4) is 0 Å². The Balaban J connectivity index is -0.0000000194. The smallest absolute Gasteiger partial charge is 0.106 e. The van der Waals surface area contributed by atoms with Crippen LogP contribution in [0.2, 0.25) is 0 Å². The van der Waals surface area contributed by atoms with E-state index in [1.54, 1.807) is 0 Å². The fourth-order valence-corrected chi connectivity index (χ4v) is 0.224. The van der Waals surface area contributed by atoms with Gasteiger partial charge in [-0.3, -0.25) is 0 Å². The van der Waals surface area contributed by atoms with E-state index >= 15 is 0 Å². The van der Waals surface area contributed by atoms with Gasteiger partial charge in [0.05, 0.1) is 12.1 Å². The minimum absolute atomic E-state index is 0. The normalized spacial score (nSPS) is 4.21. The maximum absolute atomic E-state index is 8.00. The summed E-state index contributed by atoms with van der Waals surface area (Å²) in [7, 11) is 0. The van der Waals surface area contributed by atoms with Gasteiger partial charge in [-0.2, -0.15) is 10.5 Å². The zero-order chi connectivity index (χ0) is 16.2. The van der Waals surface area contributed by atoms with Crippen molar-refractivity contribution in [2.24, 2.45) is 0 Å². The number of rotatable bonds is 2. The molecule has 6 nitrogen and oxygen atoms in total. The van der Waals surface area contributed by atoms with Crippen molar-refractivity contribution in [2.45, 2.75) is 39.5 Å². The quantitative estimate of drug-likeness (QED) is 0.645. The van der Waals surface area contributed by atoms with Crippen LogP contribution in [0.25, 0.3) is 0 Å². The van der Waals surface area contributed by atoms with Crippen molar-refractivity contribution >= 4 is 27.2 Å². The van der Waals surface area contributed by atoms with Crippen LogP contribution in [0.4, 0.5) is 0 Å². The zero-order valence-corrected chi connectivity index (χ0v) is 14.5. The summed E-state index contributed by atoms with van der Waals surface area (Å²) in [5, 5.41) is 15.6.